The second-order valence-corrected chi connectivity index (χ2v) is 4.65. The Morgan fingerprint density at radius 1 is 1.36 bits per heavy atom. The Balaban J connectivity index is 2.13. The summed E-state index contributed by atoms with van der Waals surface area (Å²) in [5, 5.41) is 0. The lowest BCUT2D eigenvalue weighted by atomic mass is 9.96. The second kappa shape index (κ2) is 3.74. The van der Waals surface area contributed by atoms with Crippen LogP contribution >= 0.6 is 0 Å². The van der Waals surface area contributed by atoms with Crippen LogP contribution in [0.5, 0.6) is 0 Å². The predicted molar refractivity (Wildman–Crippen MR) is 60.2 cm³/mol. The number of benzene rings is 1. The number of hydrogen-bond acceptors (Lipinski definition) is 1. The van der Waals surface area contributed by atoms with Gasteiger partial charge in [-0.2, -0.15) is 0 Å². The summed E-state index contributed by atoms with van der Waals surface area (Å²) in [6.07, 6.45) is 3.95. The maximum absolute atomic E-state index is 6.19. The van der Waals surface area contributed by atoms with Gasteiger partial charge in [0.1, 0.15) is 0 Å². The van der Waals surface area contributed by atoms with Crippen LogP contribution in [0.3, 0.4) is 0 Å². The molecule has 0 saturated heterocycles. The van der Waals surface area contributed by atoms with E-state index in [1.165, 1.54) is 36.0 Å². The minimum atomic E-state index is 0.253. The van der Waals surface area contributed by atoms with Crippen molar-refractivity contribution in [3.05, 3.63) is 34.9 Å². The molecule has 0 amide bonds. The molecular formula is C13H19N. The molecule has 1 heteroatoms. The van der Waals surface area contributed by atoms with Gasteiger partial charge in [-0.25, -0.2) is 0 Å². The summed E-state index contributed by atoms with van der Waals surface area (Å²) in [5.74, 6) is 0.908. The quantitative estimate of drug-likeness (QED) is 0.776. The van der Waals surface area contributed by atoms with Crippen LogP contribution in [0.15, 0.2) is 18.2 Å². The third kappa shape index (κ3) is 2.16. The van der Waals surface area contributed by atoms with Crippen molar-refractivity contribution in [3.63, 3.8) is 0 Å². The zero-order valence-electron chi connectivity index (χ0n) is 9.09. The van der Waals surface area contributed by atoms with Crippen molar-refractivity contribution in [1.29, 1.82) is 0 Å². The van der Waals surface area contributed by atoms with E-state index in [-0.39, 0.29) is 6.04 Å². The predicted octanol–water partition coefficient (Wildman–Crippen LogP) is 3.10. The van der Waals surface area contributed by atoms with Gasteiger partial charge in [-0.3, -0.25) is 0 Å². The third-order valence-corrected chi connectivity index (χ3v) is 3.11. The van der Waals surface area contributed by atoms with Crippen molar-refractivity contribution in [2.75, 3.05) is 0 Å². The Kier molecular flexibility index (Phi) is 2.60. The molecule has 0 unspecified atom stereocenters. The number of nitrogens with two attached hydrogens (primary N) is 1. The van der Waals surface area contributed by atoms with Gasteiger partial charge >= 0.3 is 0 Å². The minimum Gasteiger partial charge on any atom is -0.324 e. The molecule has 1 atom stereocenters. The van der Waals surface area contributed by atoms with E-state index in [9.17, 15) is 0 Å². The number of aryl methyl sites for hydroxylation is 2. The van der Waals surface area contributed by atoms with Crippen molar-refractivity contribution in [2.45, 2.75) is 39.2 Å². The van der Waals surface area contributed by atoms with Crippen molar-refractivity contribution >= 4 is 0 Å². The van der Waals surface area contributed by atoms with Crippen LogP contribution in [0.1, 0.15) is 42.0 Å². The van der Waals surface area contributed by atoms with E-state index < -0.39 is 0 Å². The van der Waals surface area contributed by atoms with Gasteiger partial charge in [0, 0.05) is 6.04 Å². The molecule has 0 aromatic heterocycles. The largest absolute Gasteiger partial charge is 0.324 e. The summed E-state index contributed by atoms with van der Waals surface area (Å²) in [4.78, 5) is 0. The molecule has 1 nitrogen and oxygen atoms in total. The van der Waals surface area contributed by atoms with Crippen LogP contribution in [0.2, 0.25) is 0 Å². The van der Waals surface area contributed by atoms with Gasteiger partial charge < -0.3 is 5.73 Å². The smallest absolute Gasteiger partial charge is 0.0300 e. The van der Waals surface area contributed by atoms with Gasteiger partial charge in [-0.1, -0.05) is 36.6 Å². The Hall–Kier alpha value is -0.820. The van der Waals surface area contributed by atoms with Crippen LogP contribution < -0.4 is 5.73 Å². The first kappa shape index (κ1) is 9.72. The summed E-state index contributed by atoms with van der Waals surface area (Å²) >= 11 is 0. The fourth-order valence-corrected chi connectivity index (χ4v) is 2.08. The maximum atomic E-state index is 6.19. The lowest BCUT2D eigenvalue weighted by molar-refractivity contribution is 0.594. The fourth-order valence-electron chi connectivity index (χ4n) is 2.08. The number of hydrogen-bond donors (Lipinski definition) is 1. The van der Waals surface area contributed by atoms with E-state index in [1.54, 1.807) is 0 Å². The first-order valence-corrected chi connectivity index (χ1v) is 5.49. The summed E-state index contributed by atoms with van der Waals surface area (Å²) in [6.45, 7) is 4.29. The highest BCUT2D eigenvalue weighted by Gasteiger charge is 2.24. The number of rotatable bonds is 3. The van der Waals surface area contributed by atoms with Crippen LogP contribution in [-0.4, -0.2) is 0 Å². The van der Waals surface area contributed by atoms with Gasteiger partial charge in [0.25, 0.3) is 0 Å². The molecule has 0 radical (unpaired) electrons. The molecular weight excluding hydrogens is 170 g/mol. The first-order chi connectivity index (χ1) is 6.66. The van der Waals surface area contributed by atoms with Crippen molar-refractivity contribution in [1.82, 2.24) is 0 Å². The van der Waals surface area contributed by atoms with Crippen LogP contribution in [0.4, 0.5) is 0 Å². The lowest BCUT2D eigenvalue weighted by Gasteiger charge is -2.14. The fraction of sp³-hybridized carbons (Fsp3) is 0.538. The van der Waals surface area contributed by atoms with Crippen molar-refractivity contribution in [2.24, 2.45) is 11.7 Å². The molecule has 14 heavy (non-hydrogen) atoms. The van der Waals surface area contributed by atoms with E-state index in [0.717, 1.165) is 5.92 Å². The molecule has 1 fully saturated rings. The van der Waals surface area contributed by atoms with E-state index in [2.05, 4.69) is 32.0 Å². The zero-order valence-corrected chi connectivity index (χ0v) is 9.09. The van der Waals surface area contributed by atoms with Gasteiger partial charge in [0.05, 0.1) is 0 Å². The van der Waals surface area contributed by atoms with Crippen LogP contribution in [-0.2, 0) is 0 Å². The summed E-state index contributed by atoms with van der Waals surface area (Å²) in [6, 6.07) is 6.83. The van der Waals surface area contributed by atoms with Crippen molar-refractivity contribution < 1.29 is 0 Å². The summed E-state index contributed by atoms with van der Waals surface area (Å²) in [5.41, 5.74) is 10.2. The topological polar surface area (TPSA) is 26.0 Å². The van der Waals surface area contributed by atoms with E-state index in [4.69, 9.17) is 5.73 Å². The van der Waals surface area contributed by atoms with E-state index >= 15 is 0 Å². The molecule has 0 aliphatic heterocycles. The Bertz CT molecular complexity index is 326. The molecule has 0 bridgehead atoms. The third-order valence-electron chi connectivity index (χ3n) is 3.11. The lowest BCUT2D eigenvalue weighted by Crippen LogP contribution is -2.12. The minimum absolute atomic E-state index is 0.253. The summed E-state index contributed by atoms with van der Waals surface area (Å²) in [7, 11) is 0. The molecule has 0 spiro atoms. The molecule has 1 saturated carbocycles. The SMILES string of the molecule is Cc1ccc([C@H](N)CC2CC2)c(C)c1. The normalized spacial score (nSPS) is 18.2. The second-order valence-electron chi connectivity index (χ2n) is 4.65. The molecule has 1 aliphatic rings. The molecule has 1 aromatic rings. The average Bonchev–Trinajstić information content (AvgIpc) is 2.87. The Morgan fingerprint density at radius 3 is 2.64 bits per heavy atom. The van der Waals surface area contributed by atoms with Gasteiger partial charge in [-0.15, -0.1) is 0 Å². The maximum Gasteiger partial charge on any atom is 0.0300 e. The van der Waals surface area contributed by atoms with Crippen LogP contribution in [0, 0.1) is 19.8 Å². The van der Waals surface area contributed by atoms with Crippen LogP contribution in [0.25, 0.3) is 0 Å². The van der Waals surface area contributed by atoms with E-state index in [1.807, 2.05) is 0 Å². The highest BCUT2D eigenvalue weighted by Crippen LogP contribution is 2.37. The monoisotopic (exact) mass is 189 g/mol. The van der Waals surface area contributed by atoms with Gasteiger partial charge in [0.15, 0.2) is 0 Å². The van der Waals surface area contributed by atoms with Gasteiger partial charge in [-0.05, 0) is 37.3 Å². The molecule has 0 heterocycles. The molecule has 2 N–H and O–H groups in total. The van der Waals surface area contributed by atoms with Crippen molar-refractivity contribution in [3.8, 4) is 0 Å². The Labute approximate surface area is 86.3 Å². The highest BCUT2D eigenvalue weighted by atomic mass is 14.6. The molecule has 76 valence electrons. The molecule has 1 aliphatic carbocycles. The summed E-state index contributed by atoms with van der Waals surface area (Å²) < 4.78 is 0. The molecule has 1 aromatic carbocycles. The Morgan fingerprint density at radius 2 is 2.07 bits per heavy atom. The highest BCUT2D eigenvalue weighted by molar-refractivity contribution is 5.32. The van der Waals surface area contributed by atoms with E-state index in [0.29, 0.717) is 0 Å². The zero-order chi connectivity index (χ0) is 10.1. The average molecular weight is 189 g/mol. The van der Waals surface area contributed by atoms with Gasteiger partial charge in [0.2, 0.25) is 0 Å². The molecule has 2 rings (SSSR count). The standard InChI is InChI=1S/C13H19N/c1-9-3-6-12(10(2)7-9)13(14)8-11-4-5-11/h3,6-7,11,13H,4-5,8,14H2,1-2H3/t13-/m1/s1. The first-order valence-electron chi connectivity index (χ1n) is 5.49.